The summed E-state index contributed by atoms with van der Waals surface area (Å²) in [7, 11) is 0. The largest absolute Gasteiger partial charge is 0.465 e. The van der Waals surface area contributed by atoms with E-state index in [0.717, 1.165) is 4.90 Å². The van der Waals surface area contributed by atoms with Gasteiger partial charge in [0.2, 0.25) is 0 Å². The maximum absolute atomic E-state index is 12.8. The number of likely N-dealkylation sites (tertiary alicyclic amines) is 1. The van der Waals surface area contributed by atoms with E-state index in [4.69, 9.17) is 10.8 Å². The van der Waals surface area contributed by atoms with Crippen LogP contribution in [0.4, 0.5) is 9.18 Å². The first-order valence-corrected chi connectivity index (χ1v) is 3.49. The summed E-state index contributed by atoms with van der Waals surface area (Å²) in [5.41, 5.74) is 5.35. The lowest BCUT2D eigenvalue weighted by Crippen LogP contribution is -2.50. The van der Waals surface area contributed by atoms with Gasteiger partial charge in [-0.2, -0.15) is 0 Å². The molecule has 2 atom stereocenters. The molecule has 1 fully saturated rings. The second-order valence-corrected chi connectivity index (χ2v) is 2.70. The molecular formula is C6H11FN2O2. The summed E-state index contributed by atoms with van der Waals surface area (Å²) in [6.45, 7) is 0.257. The van der Waals surface area contributed by atoms with Crippen LogP contribution in [0.1, 0.15) is 6.42 Å². The normalized spacial score (nSPS) is 32.0. The highest BCUT2D eigenvalue weighted by Crippen LogP contribution is 2.11. The highest BCUT2D eigenvalue weighted by atomic mass is 19.1. The van der Waals surface area contributed by atoms with Crippen molar-refractivity contribution in [1.82, 2.24) is 4.90 Å². The Bertz CT molecular complexity index is 165. The first-order chi connectivity index (χ1) is 5.11. The number of amides is 1. The van der Waals surface area contributed by atoms with Gasteiger partial charge in [0, 0.05) is 12.6 Å². The number of piperidine rings is 1. The number of nitrogens with two attached hydrogens (primary N) is 1. The van der Waals surface area contributed by atoms with Gasteiger partial charge in [0.1, 0.15) is 6.17 Å². The van der Waals surface area contributed by atoms with Crippen molar-refractivity contribution in [1.29, 1.82) is 0 Å². The predicted octanol–water partition coefficient (Wildman–Crippen LogP) is 0.0355. The van der Waals surface area contributed by atoms with E-state index >= 15 is 0 Å². The third kappa shape index (κ3) is 1.80. The fraction of sp³-hybridized carbons (Fsp3) is 0.833. The van der Waals surface area contributed by atoms with Gasteiger partial charge in [-0.3, -0.25) is 0 Å². The summed E-state index contributed by atoms with van der Waals surface area (Å²) < 4.78 is 12.8. The molecule has 0 radical (unpaired) electrons. The second-order valence-electron chi connectivity index (χ2n) is 2.70. The van der Waals surface area contributed by atoms with Gasteiger partial charge in [-0.25, -0.2) is 9.18 Å². The lowest BCUT2D eigenvalue weighted by atomic mass is 10.1. The van der Waals surface area contributed by atoms with E-state index in [1.807, 2.05) is 0 Å². The number of alkyl halides is 1. The molecular weight excluding hydrogens is 151 g/mol. The smallest absolute Gasteiger partial charge is 0.407 e. The standard InChI is InChI=1S/C6H11FN2O2/c7-4-3-9(6(10)11)2-1-5(4)8/h4-5H,1-3,8H2,(H,10,11)/t4?,5-/m0/s1. The molecule has 1 heterocycles. The molecule has 0 aromatic rings. The van der Waals surface area contributed by atoms with Crippen LogP contribution < -0.4 is 5.73 Å². The molecule has 1 rings (SSSR count). The quantitative estimate of drug-likeness (QED) is 0.528. The predicted molar refractivity (Wildman–Crippen MR) is 37.1 cm³/mol. The monoisotopic (exact) mass is 162 g/mol. The molecule has 3 N–H and O–H groups in total. The minimum atomic E-state index is -1.21. The Balaban J connectivity index is 2.46. The first kappa shape index (κ1) is 8.26. The molecule has 1 saturated heterocycles. The van der Waals surface area contributed by atoms with E-state index < -0.39 is 18.3 Å². The molecule has 11 heavy (non-hydrogen) atoms. The molecule has 1 unspecified atom stereocenters. The van der Waals surface area contributed by atoms with Crippen LogP contribution in [-0.2, 0) is 0 Å². The summed E-state index contributed by atoms with van der Waals surface area (Å²) in [6, 6.07) is -0.495. The summed E-state index contributed by atoms with van der Waals surface area (Å²) in [4.78, 5) is 11.4. The molecule has 1 amide bonds. The van der Waals surface area contributed by atoms with E-state index in [1.165, 1.54) is 0 Å². The van der Waals surface area contributed by atoms with Crippen LogP contribution in [0, 0.1) is 0 Å². The van der Waals surface area contributed by atoms with E-state index in [-0.39, 0.29) is 6.54 Å². The van der Waals surface area contributed by atoms with Gasteiger partial charge >= 0.3 is 6.09 Å². The molecule has 0 aliphatic carbocycles. The van der Waals surface area contributed by atoms with Gasteiger partial charge in [0.05, 0.1) is 6.54 Å². The number of hydrogen-bond donors (Lipinski definition) is 2. The summed E-state index contributed by atoms with van der Waals surface area (Å²) in [6.07, 6.45) is -1.87. The van der Waals surface area contributed by atoms with Crippen molar-refractivity contribution in [2.75, 3.05) is 13.1 Å². The topological polar surface area (TPSA) is 66.6 Å². The molecule has 0 spiro atoms. The summed E-state index contributed by atoms with van der Waals surface area (Å²) >= 11 is 0. The van der Waals surface area contributed by atoms with Crippen LogP contribution in [-0.4, -0.2) is 41.4 Å². The zero-order valence-electron chi connectivity index (χ0n) is 6.03. The first-order valence-electron chi connectivity index (χ1n) is 3.49. The fourth-order valence-corrected chi connectivity index (χ4v) is 1.10. The maximum Gasteiger partial charge on any atom is 0.407 e. The van der Waals surface area contributed by atoms with Crippen LogP contribution in [0.2, 0.25) is 0 Å². The molecule has 0 saturated carbocycles. The Labute approximate surface area is 63.8 Å². The minimum Gasteiger partial charge on any atom is -0.465 e. The van der Waals surface area contributed by atoms with Crippen LogP contribution >= 0.6 is 0 Å². The summed E-state index contributed by atoms with van der Waals surface area (Å²) in [5, 5.41) is 8.46. The van der Waals surface area contributed by atoms with E-state index in [2.05, 4.69) is 0 Å². The number of rotatable bonds is 0. The van der Waals surface area contributed by atoms with E-state index in [9.17, 15) is 9.18 Å². The van der Waals surface area contributed by atoms with Gasteiger partial charge in [0.15, 0.2) is 0 Å². The Kier molecular flexibility index (Phi) is 2.28. The van der Waals surface area contributed by atoms with Crippen molar-refractivity contribution in [3.63, 3.8) is 0 Å². The number of nitrogens with zero attached hydrogens (tertiary/aromatic N) is 1. The van der Waals surface area contributed by atoms with Crippen molar-refractivity contribution in [3.8, 4) is 0 Å². The lowest BCUT2D eigenvalue weighted by molar-refractivity contribution is 0.0976. The van der Waals surface area contributed by atoms with Crippen LogP contribution in [0.3, 0.4) is 0 Å². The lowest BCUT2D eigenvalue weighted by Gasteiger charge is -2.30. The zero-order chi connectivity index (χ0) is 8.43. The van der Waals surface area contributed by atoms with Crippen LogP contribution in [0.5, 0.6) is 0 Å². The highest BCUT2D eigenvalue weighted by molar-refractivity contribution is 5.65. The van der Waals surface area contributed by atoms with E-state index in [1.54, 1.807) is 0 Å². The number of carboxylic acid groups (broad SMARTS) is 1. The van der Waals surface area contributed by atoms with Crippen molar-refractivity contribution in [3.05, 3.63) is 0 Å². The molecule has 64 valence electrons. The highest BCUT2D eigenvalue weighted by Gasteiger charge is 2.28. The second kappa shape index (κ2) is 3.04. The Morgan fingerprint density at radius 1 is 1.73 bits per heavy atom. The van der Waals surface area contributed by atoms with Crippen molar-refractivity contribution in [2.24, 2.45) is 5.73 Å². The Hall–Kier alpha value is -0.840. The molecule has 5 heteroatoms. The van der Waals surface area contributed by atoms with Gasteiger partial charge in [-0.1, -0.05) is 0 Å². The van der Waals surface area contributed by atoms with Crippen molar-refractivity contribution in [2.45, 2.75) is 18.6 Å². The van der Waals surface area contributed by atoms with Gasteiger partial charge < -0.3 is 15.7 Å². The van der Waals surface area contributed by atoms with Crippen LogP contribution in [0.25, 0.3) is 0 Å². The zero-order valence-corrected chi connectivity index (χ0v) is 6.03. The number of halogens is 1. The Morgan fingerprint density at radius 2 is 2.36 bits per heavy atom. The molecule has 1 aliphatic heterocycles. The number of carbonyl (C=O) groups is 1. The van der Waals surface area contributed by atoms with Gasteiger partial charge in [-0.05, 0) is 6.42 Å². The fourth-order valence-electron chi connectivity index (χ4n) is 1.10. The van der Waals surface area contributed by atoms with E-state index in [0.29, 0.717) is 13.0 Å². The van der Waals surface area contributed by atoms with Crippen molar-refractivity contribution >= 4 is 6.09 Å². The number of hydrogen-bond acceptors (Lipinski definition) is 2. The molecule has 0 bridgehead atoms. The molecule has 0 aromatic carbocycles. The third-order valence-corrected chi connectivity index (χ3v) is 1.86. The molecule has 1 aliphatic rings. The van der Waals surface area contributed by atoms with Gasteiger partial charge in [0.25, 0.3) is 0 Å². The molecule has 4 nitrogen and oxygen atoms in total. The average Bonchev–Trinajstić information content (AvgIpc) is 1.94. The SMILES string of the molecule is N[C@H]1CCN(C(=O)O)CC1F. The van der Waals surface area contributed by atoms with Crippen molar-refractivity contribution < 1.29 is 14.3 Å². The summed E-state index contributed by atoms with van der Waals surface area (Å²) in [5.74, 6) is 0. The maximum atomic E-state index is 12.8. The van der Waals surface area contributed by atoms with Gasteiger partial charge in [-0.15, -0.1) is 0 Å². The average molecular weight is 162 g/mol. The Morgan fingerprint density at radius 3 is 2.82 bits per heavy atom. The van der Waals surface area contributed by atoms with Crippen LogP contribution in [0.15, 0.2) is 0 Å². The minimum absolute atomic E-state index is 0.0868. The molecule has 0 aromatic heterocycles. The third-order valence-electron chi connectivity index (χ3n) is 1.86.